The summed E-state index contributed by atoms with van der Waals surface area (Å²) in [5.41, 5.74) is 6.24. The first-order valence-corrected chi connectivity index (χ1v) is 9.46. The second kappa shape index (κ2) is 7.79. The Hall–Kier alpha value is -2.61. The van der Waals surface area contributed by atoms with Crippen LogP contribution in [0.25, 0.3) is 0 Å². The van der Waals surface area contributed by atoms with Gasteiger partial charge in [0.2, 0.25) is 5.91 Å². The maximum atomic E-state index is 13.1. The van der Waals surface area contributed by atoms with Crippen molar-refractivity contribution in [3.8, 4) is 11.5 Å². The fourth-order valence-electron chi connectivity index (χ4n) is 3.80. The molecule has 0 saturated carbocycles. The molecular weight excluding hydrogens is 360 g/mol. The van der Waals surface area contributed by atoms with Gasteiger partial charge in [0.25, 0.3) is 5.91 Å². The summed E-state index contributed by atoms with van der Waals surface area (Å²) < 4.78 is 10.7. The number of likely N-dealkylation sites (tertiary alicyclic amines) is 1. The molecule has 1 aromatic carbocycles. The Morgan fingerprint density at radius 1 is 1.21 bits per heavy atom. The van der Waals surface area contributed by atoms with Crippen LogP contribution in [-0.2, 0) is 9.59 Å². The Labute approximate surface area is 165 Å². The van der Waals surface area contributed by atoms with Gasteiger partial charge in [0.15, 0.2) is 11.5 Å². The molecule has 8 heteroatoms. The van der Waals surface area contributed by atoms with Gasteiger partial charge in [0, 0.05) is 18.7 Å². The lowest BCUT2D eigenvalue weighted by atomic mass is 9.83. The van der Waals surface area contributed by atoms with Crippen molar-refractivity contribution in [2.45, 2.75) is 32.7 Å². The van der Waals surface area contributed by atoms with Gasteiger partial charge in [-0.15, -0.1) is 0 Å². The Bertz CT molecular complexity index is 797. The van der Waals surface area contributed by atoms with Crippen LogP contribution in [0.15, 0.2) is 23.3 Å². The number of rotatable bonds is 5. The van der Waals surface area contributed by atoms with E-state index in [1.807, 2.05) is 32.0 Å². The summed E-state index contributed by atoms with van der Waals surface area (Å²) in [7, 11) is 3.17. The zero-order valence-corrected chi connectivity index (χ0v) is 16.9. The number of hydrogen-bond acceptors (Lipinski definition) is 6. The van der Waals surface area contributed by atoms with Crippen LogP contribution in [0.2, 0.25) is 0 Å². The van der Waals surface area contributed by atoms with Crippen LogP contribution in [0.3, 0.4) is 0 Å². The van der Waals surface area contributed by atoms with Gasteiger partial charge in [0.1, 0.15) is 0 Å². The summed E-state index contributed by atoms with van der Waals surface area (Å²) >= 11 is 0. The zero-order valence-electron chi connectivity index (χ0n) is 16.9. The lowest BCUT2D eigenvalue weighted by molar-refractivity contribution is -0.139. The predicted molar refractivity (Wildman–Crippen MR) is 105 cm³/mol. The highest BCUT2D eigenvalue weighted by Crippen LogP contribution is 2.37. The topological polar surface area (TPSA) is 97.5 Å². The van der Waals surface area contributed by atoms with E-state index in [1.165, 1.54) is 0 Å². The molecule has 1 aromatic rings. The van der Waals surface area contributed by atoms with E-state index in [0.29, 0.717) is 43.1 Å². The van der Waals surface area contributed by atoms with Gasteiger partial charge >= 0.3 is 0 Å². The van der Waals surface area contributed by atoms with Gasteiger partial charge in [-0.25, -0.2) is 5.01 Å². The number of amides is 2. The van der Waals surface area contributed by atoms with E-state index in [4.69, 9.17) is 20.3 Å². The Kier molecular flexibility index (Phi) is 5.60. The summed E-state index contributed by atoms with van der Waals surface area (Å²) in [6.45, 7) is 4.97. The Morgan fingerprint density at radius 3 is 2.43 bits per heavy atom. The van der Waals surface area contributed by atoms with Crippen LogP contribution in [0.5, 0.6) is 11.5 Å². The van der Waals surface area contributed by atoms with Crippen molar-refractivity contribution in [3.63, 3.8) is 0 Å². The molecule has 0 aliphatic carbocycles. The molecule has 0 bridgehead atoms. The van der Waals surface area contributed by atoms with Crippen molar-refractivity contribution >= 4 is 17.5 Å². The third-order valence-corrected chi connectivity index (χ3v) is 5.54. The second-order valence-corrected chi connectivity index (χ2v) is 7.61. The highest BCUT2D eigenvalue weighted by Gasteiger charge is 2.46. The molecule has 28 heavy (non-hydrogen) atoms. The van der Waals surface area contributed by atoms with Crippen molar-refractivity contribution < 1.29 is 19.1 Å². The molecule has 0 spiro atoms. The van der Waals surface area contributed by atoms with Gasteiger partial charge in [-0.3, -0.25) is 9.59 Å². The minimum atomic E-state index is -0.746. The Morgan fingerprint density at radius 2 is 1.86 bits per heavy atom. The van der Waals surface area contributed by atoms with Crippen LogP contribution in [0.1, 0.15) is 32.3 Å². The molecule has 0 atom stereocenters. The lowest BCUT2D eigenvalue weighted by Gasteiger charge is -2.35. The monoisotopic (exact) mass is 388 g/mol. The average molecular weight is 388 g/mol. The molecule has 152 valence electrons. The third-order valence-electron chi connectivity index (χ3n) is 5.54. The number of methoxy groups -OCH3 is 2. The van der Waals surface area contributed by atoms with Crippen molar-refractivity contribution in [3.05, 3.63) is 23.8 Å². The normalized spacial score (nSPS) is 19.6. The van der Waals surface area contributed by atoms with Crippen LogP contribution in [0.4, 0.5) is 0 Å². The van der Waals surface area contributed by atoms with E-state index in [0.717, 1.165) is 5.56 Å². The molecule has 0 unspecified atom stereocenters. The van der Waals surface area contributed by atoms with E-state index in [-0.39, 0.29) is 24.4 Å². The smallest absolute Gasteiger partial charge is 0.254 e. The van der Waals surface area contributed by atoms with Gasteiger partial charge in [-0.05, 0) is 44.9 Å². The van der Waals surface area contributed by atoms with Crippen LogP contribution >= 0.6 is 0 Å². The first-order valence-electron chi connectivity index (χ1n) is 9.46. The molecule has 1 saturated heterocycles. The quantitative estimate of drug-likeness (QED) is 0.818. The van der Waals surface area contributed by atoms with Crippen LogP contribution in [-0.4, -0.2) is 67.3 Å². The minimum Gasteiger partial charge on any atom is -0.493 e. The summed E-state index contributed by atoms with van der Waals surface area (Å²) in [6.07, 6.45) is 1.38. The maximum Gasteiger partial charge on any atom is 0.254 e. The number of ether oxygens (including phenoxy) is 2. The van der Waals surface area contributed by atoms with E-state index < -0.39 is 5.41 Å². The third kappa shape index (κ3) is 3.44. The molecule has 1 fully saturated rings. The minimum absolute atomic E-state index is 0.0158. The molecule has 0 aromatic heterocycles. The average Bonchev–Trinajstić information content (AvgIpc) is 2.96. The van der Waals surface area contributed by atoms with Crippen molar-refractivity contribution in [2.75, 3.05) is 33.9 Å². The van der Waals surface area contributed by atoms with Crippen LogP contribution in [0, 0.1) is 5.41 Å². The second-order valence-electron chi connectivity index (χ2n) is 7.61. The molecule has 2 aliphatic rings. The fraction of sp³-hybridized carbons (Fsp3) is 0.550. The number of nitrogens with two attached hydrogens (primary N) is 1. The first kappa shape index (κ1) is 20.1. The molecule has 2 heterocycles. The largest absolute Gasteiger partial charge is 0.493 e. The first-order chi connectivity index (χ1) is 13.3. The van der Waals surface area contributed by atoms with Gasteiger partial charge < -0.3 is 20.1 Å². The molecule has 8 nitrogen and oxygen atoms in total. The zero-order chi connectivity index (χ0) is 20.5. The van der Waals surface area contributed by atoms with E-state index in [1.54, 1.807) is 24.1 Å². The molecule has 2 aliphatic heterocycles. The predicted octanol–water partition coefficient (Wildman–Crippen LogP) is 1.23. The van der Waals surface area contributed by atoms with Crippen LogP contribution < -0.4 is 15.2 Å². The number of nitrogens with zero attached hydrogens (tertiary/aromatic N) is 3. The number of hydrogen-bond donors (Lipinski definition) is 1. The molecule has 3 rings (SSSR count). The van der Waals surface area contributed by atoms with E-state index >= 15 is 0 Å². The molecular formula is C20H28N4O4. The number of benzene rings is 1. The maximum absolute atomic E-state index is 13.1. The lowest BCUT2D eigenvalue weighted by Crippen LogP contribution is -2.48. The highest BCUT2D eigenvalue weighted by atomic mass is 16.5. The van der Waals surface area contributed by atoms with E-state index in [9.17, 15) is 9.59 Å². The molecule has 2 N–H and O–H groups in total. The number of carbonyl (C=O) groups is 2. The van der Waals surface area contributed by atoms with Gasteiger partial charge in [0.05, 0.1) is 37.9 Å². The molecule has 0 radical (unpaired) electrons. The number of hydrazone groups is 1. The van der Waals surface area contributed by atoms with Crippen molar-refractivity contribution in [2.24, 2.45) is 16.3 Å². The van der Waals surface area contributed by atoms with Gasteiger partial charge in [-0.1, -0.05) is 0 Å². The number of carbonyl (C=O) groups excluding carboxylic acids is 2. The highest BCUT2D eigenvalue weighted by molar-refractivity contribution is 6.19. The van der Waals surface area contributed by atoms with Crippen molar-refractivity contribution in [1.82, 2.24) is 9.91 Å². The summed E-state index contributed by atoms with van der Waals surface area (Å²) in [4.78, 5) is 26.6. The summed E-state index contributed by atoms with van der Waals surface area (Å²) in [5.74, 6) is 1.14. The summed E-state index contributed by atoms with van der Waals surface area (Å²) in [5, 5.41) is 6.32. The standard InChI is InChI=1S/C20H28N4O4/c1-20(2)18(13-5-6-15(27-3)16(11-13)28-4)22-24(19(20)26)14-7-9-23(10-8-14)17(25)12-21/h5-6,11,14H,7-10,12,21H2,1-4H3. The SMILES string of the molecule is COc1ccc(C2=NN(C3CCN(C(=O)CN)CC3)C(=O)C2(C)C)cc1OC. The Balaban J connectivity index is 1.85. The fourth-order valence-corrected chi connectivity index (χ4v) is 3.80. The number of piperidine rings is 1. The van der Waals surface area contributed by atoms with E-state index in [2.05, 4.69) is 0 Å². The van der Waals surface area contributed by atoms with Crippen molar-refractivity contribution in [1.29, 1.82) is 0 Å². The van der Waals surface area contributed by atoms with Gasteiger partial charge in [-0.2, -0.15) is 5.10 Å². The summed E-state index contributed by atoms with van der Waals surface area (Å²) in [6, 6.07) is 5.53. The molecule has 2 amide bonds.